The van der Waals surface area contributed by atoms with Crippen LogP contribution < -0.4 is 15.4 Å². The molecule has 242 valence electrons. The van der Waals surface area contributed by atoms with Gasteiger partial charge in [-0.2, -0.15) is 0 Å². The van der Waals surface area contributed by atoms with Crippen LogP contribution in [0, 0.1) is 5.92 Å². The summed E-state index contributed by atoms with van der Waals surface area (Å²) in [5.74, 6) is -0.465. The van der Waals surface area contributed by atoms with Gasteiger partial charge >= 0.3 is 12.1 Å². The van der Waals surface area contributed by atoms with E-state index < -0.39 is 38.3 Å². The third kappa shape index (κ3) is 8.17. The van der Waals surface area contributed by atoms with Gasteiger partial charge in [0, 0.05) is 17.1 Å². The van der Waals surface area contributed by atoms with E-state index in [1.165, 1.54) is 29.8 Å². The van der Waals surface area contributed by atoms with E-state index in [2.05, 4.69) is 25.6 Å². The van der Waals surface area contributed by atoms with Gasteiger partial charge in [0.1, 0.15) is 47.6 Å². The van der Waals surface area contributed by atoms with E-state index in [0.717, 1.165) is 15.9 Å². The van der Waals surface area contributed by atoms with Crippen LogP contribution in [0.2, 0.25) is 0 Å². The van der Waals surface area contributed by atoms with Crippen molar-refractivity contribution in [2.45, 2.75) is 76.7 Å². The van der Waals surface area contributed by atoms with Crippen LogP contribution in [0.1, 0.15) is 55.4 Å². The second kappa shape index (κ2) is 13.1. The molecule has 0 aliphatic heterocycles. The fourth-order valence-electron chi connectivity index (χ4n) is 4.20. The number of fused-ring (bicyclic) bond motifs is 2. The van der Waals surface area contributed by atoms with Gasteiger partial charge in [-0.15, -0.1) is 11.3 Å². The van der Waals surface area contributed by atoms with Crippen molar-refractivity contribution in [2.75, 3.05) is 18.5 Å². The van der Waals surface area contributed by atoms with E-state index in [4.69, 9.17) is 14.2 Å². The first kappa shape index (κ1) is 33.8. The first-order chi connectivity index (χ1) is 21.0. The number of hydrogen-bond donors (Lipinski definition) is 2. The number of amides is 1. The van der Waals surface area contributed by atoms with Crippen LogP contribution in [-0.4, -0.2) is 65.0 Å². The van der Waals surface area contributed by atoms with Gasteiger partial charge in [0.05, 0.1) is 26.0 Å². The molecule has 1 atom stereocenters. The maximum atomic E-state index is 13.7. The summed E-state index contributed by atoms with van der Waals surface area (Å²) in [4.78, 5) is 38.1. The van der Waals surface area contributed by atoms with Crippen LogP contribution in [0.15, 0.2) is 47.1 Å². The molecule has 1 amide bonds. The Hall–Kier alpha value is -4.04. The molecule has 0 spiro atoms. The molecule has 0 saturated heterocycles. The Morgan fingerprint density at radius 2 is 1.69 bits per heavy atom. The predicted octanol–water partition coefficient (Wildman–Crippen LogP) is 6.03. The molecule has 2 heterocycles. The first-order valence-corrected chi connectivity index (χ1v) is 16.7. The number of carbonyl (C=O) groups is 2. The molecule has 45 heavy (non-hydrogen) atoms. The molecule has 12 nitrogen and oxygen atoms in total. The molecule has 0 saturated carbocycles. The third-order valence-electron chi connectivity index (χ3n) is 6.57. The summed E-state index contributed by atoms with van der Waals surface area (Å²) in [5, 5.41) is 6.28. The lowest BCUT2D eigenvalue weighted by atomic mass is 10.1. The quantitative estimate of drug-likeness (QED) is 0.152. The Labute approximate surface area is 266 Å². The summed E-state index contributed by atoms with van der Waals surface area (Å²) in [7, 11) is -3.90. The van der Waals surface area contributed by atoms with E-state index in [1.807, 2.05) is 18.2 Å². The minimum atomic E-state index is -3.90. The summed E-state index contributed by atoms with van der Waals surface area (Å²) in [6.45, 7) is 13.2. The Bertz CT molecular complexity index is 1810. The molecule has 4 rings (SSSR count). The Kier molecular flexibility index (Phi) is 9.88. The van der Waals surface area contributed by atoms with Gasteiger partial charge in [-0.3, -0.25) is 0 Å². The van der Waals surface area contributed by atoms with Gasteiger partial charge in [0.25, 0.3) is 0 Å². The summed E-state index contributed by atoms with van der Waals surface area (Å²) >= 11 is 1.53. The fourth-order valence-corrected chi connectivity index (χ4v) is 6.18. The molecule has 0 radical (unpaired) electrons. The average molecular weight is 658 g/mol. The van der Waals surface area contributed by atoms with Crippen LogP contribution in [0.4, 0.5) is 16.3 Å². The summed E-state index contributed by atoms with van der Waals surface area (Å²) in [6.07, 6.45) is 0.640. The molecule has 14 heteroatoms. The number of ether oxygens (including phenoxy) is 3. The highest BCUT2D eigenvalue weighted by Gasteiger charge is 2.34. The van der Waals surface area contributed by atoms with Crippen molar-refractivity contribution in [1.82, 2.24) is 20.3 Å². The van der Waals surface area contributed by atoms with Gasteiger partial charge in [0.2, 0.25) is 0 Å². The normalized spacial score (nSPS) is 13.1. The van der Waals surface area contributed by atoms with E-state index >= 15 is 0 Å². The standard InChI is InChI=1S/C31H39N5O7S2/c1-18(2)26(36-29(38)43-30(3,4)5)28(37)42-12-11-41-23-15-21-20(14-25(23)45(39,40)31(6,7)8)27(33-16-32-21)35-19-9-10-24-22(13-19)34-17-44-24/h9-10,13-18,26H,11-12H2,1-8H3,(H,36,38)(H,32,33,35)/t26-/m0/s1. The van der Waals surface area contributed by atoms with Crippen LogP contribution in [0.25, 0.3) is 21.1 Å². The van der Waals surface area contributed by atoms with Crippen LogP contribution >= 0.6 is 11.3 Å². The van der Waals surface area contributed by atoms with E-state index in [9.17, 15) is 18.0 Å². The minimum absolute atomic E-state index is 0.0479. The van der Waals surface area contributed by atoms with E-state index in [1.54, 1.807) is 60.9 Å². The van der Waals surface area contributed by atoms with Crippen molar-refractivity contribution >= 4 is 65.9 Å². The van der Waals surface area contributed by atoms with Crippen molar-refractivity contribution in [2.24, 2.45) is 5.92 Å². The van der Waals surface area contributed by atoms with Crippen molar-refractivity contribution in [1.29, 1.82) is 0 Å². The number of aromatic nitrogens is 3. The topological polar surface area (TPSA) is 159 Å². The molecule has 0 aliphatic carbocycles. The maximum Gasteiger partial charge on any atom is 0.408 e. The number of benzene rings is 2. The second-order valence-corrected chi connectivity index (χ2v) is 16.3. The lowest BCUT2D eigenvalue weighted by Gasteiger charge is -2.24. The Balaban J connectivity index is 1.56. The lowest BCUT2D eigenvalue weighted by molar-refractivity contribution is -0.148. The Morgan fingerprint density at radius 3 is 2.36 bits per heavy atom. The first-order valence-electron chi connectivity index (χ1n) is 14.4. The smallest absolute Gasteiger partial charge is 0.408 e. The largest absolute Gasteiger partial charge is 0.489 e. The van der Waals surface area contributed by atoms with Gasteiger partial charge in [-0.1, -0.05) is 13.8 Å². The molecule has 0 fully saturated rings. The zero-order valence-electron chi connectivity index (χ0n) is 26.6. The van der Waals surface area contributed by atoms with Crippen molar-refractivity contribution < 1.29 is 32.2 Å². The summed E-state index contributed by atoms with van der Waals surface area (Å²) in [5.41, 5.74) is 3.05. The maximum absolute atomic E-state index is 13.7. The minimum Gasteiger partial charge on any atom is -0.489 e. The number of thiazole rings is 1. The van der Waals surface area contributed by atoms with Gasteiger partial charge in [-0.05, 0) is 71.7 Å². The van der Waals surface area contributed by atoms with Crippen LogP contribution in [-0.2, 0) is 24.1 Å². The SMILES string of the molecule is CC(C)[C@H](NC(=O)OC(C)(C)C)C(=O)OCCOc1cc2ncnc(Nc3ccc4scnc4c3)c2cc1S(=O)(=O)C(C)(C)C. The van der Waals surface area contributed by atoms with Crippen LogP contribution in [0.3, 0.4) is 0 Å². The molecule has 4 aromatic rings. The third-order valence-corrected chi connectivity index (χ3v) is 9.89. The van der Waals surface area contributed by atoms with Crippen molar-refractivity contribution in [3.63, 3.8) is 0 Å². The zero-order valence-corrected chi connectivity index (χ0v) is 28.3. The second-order valence-electron chi connectivity index (χ2n) is 12.7. The molecule has 2 N–H and O–H groups in total. The predicted molar refractivity (Wildman–Crippen MR) is 174 cm³/mol. The molecular formula is C31H39N5O7S2. The summed E-state index contributed by atoms with van der Waals surface area (Å²) < 4.78 is 43.9. The van der Waals surface area contributed by atoms with Gasteiger partial charge in [-0.25, -0.2) is 33.0 Å². The number of nitrogens with one attached hydrogen (secondary N) is 2. The molecule has 2 aromatic heterocycles. The fraction of sp³-hybridized carbons (Fsp3) is 0.452. The van der Waals surface area contributed by atoms with Crippen molar-refractivity contribution in [3.05, 3.63) is 42.2 Å². The summed E-state index contributed by atoms with van der Waals surface area (Å²) in [6, 6.07) is 7.82. The van der Waals surface area contributed by atoms with Crippen molar-refractivity contribution in [3.8, 4) is 5.75 Å². The number of anilines is 2. The number of alkyl carbamates (subject to hydrolysis) is 1. The lowest BCUT2D eigenvalue weighted by Crippen LogP contribution is -2.47. The highest BCUT2D eigenvalue weighted by atomic mass is 32.2. The molecule has 2 aromatic carbocycles. The highest BCUT2D eigenvalue weighted by molar-refractivity contribution is 7.92. The van der Waals surface area contributed by atoms with Crippen LogP contribution in [0.5, 0.6) is 5.75 Å². The Morgan fingerprint density at radius 1 is 0.956 bits per heavy atom. The molecule has 0 bridgehead atoms. The number of sulfone groups is 1. The molecule has 0 aliphatic rings. The number of esters is 1. The van der Waals surface area contributed by atoms with E-state index in [-0.39, 0.29) is 29.8 Å². The van der Waals surface area contributed by atoms with Gasteiger partial charge < -0.3 is 24.8 Å². The number of nitrogens with zero attached hydrogens (tertiary/aromatic N) is 3. The number of hydrogen-bond acceptors (Lipinski definition) is 12. The highest BCUT2D eigenvalue weighted by Crippen LogP contribution is 2.37. The number of carbonyl (C=O) groups excluding carboxylic acids is 2. The monoisotopic (exact) mass is 657 g/mol. The number of rotatable bonds is 10. The van der Waals surface area contributed by atoms with Gasteiger partial charge in [0.15, 0.2) is 9.84 Å². The molecule has 0 unspecified atom stereocenters. The zero-order chi connectivity index (χ0) is 33.2. The molecular weight excluding hydrogens is 619 g/mol. The van der Waals surface area contributed by atoms with E-state index in [0.29, 0.717) is 16.7 Å². The average Bonchev–Trinajstić information content (AvgIpc) is 3.40.